The Balaban J connectivity index is 3.07. The van der Waals surface area contributed by atoms with Gasteiger partial charge in [0, 0.05) is 5.75 Å². The van der Waals surface area contributed by atoms with Crippen LogP contribution in [0.3, 0.4) is 0 Å². The molecule has 0 spiro atoms. The Morgan fingerprint density at radius 3 is 1.89 bits per heavy atom. The first kappa shape index (κ1) is 17.8. The summed E-state index contributed by atoms with van der Waals surface area (Å²) in [5, 5.41) is 0. The second-order valence-electron chi connectivity index (χ2n) is 4.89. The molecule has 0 saturated carbocycles. The summed E-state index contributed by atoms with van der Waals surface area (Å²) in [5.74, 6) is 0.321. The molecule has 0 aliphatic heterocycles. The maximum absolute atomic E-state index is 10.3. The van der Waals surface area contributed by atoms with Crippen molar-refractivity contribution in [3.63, 3.8) is 0 Å². The number of unbranched alkanes of at least 4 members (excludes halogenated alkanes) is 9. The Hall–Kier alpha value is -0.150. The zero-order valence-electron chi connectivity index (χ0n) is 11.9. The Bertz CT molecular complexity index is 215. The molecule has 0 fully saturated rings. The van der Waals surface area contributed by atoms with Crippen LogP contribution >= 0.6 is 0 Å². The molecule has 1 unspecified atom stereocenters. The van der Waals surface area contributed by atoms with E-state index in [2.05, 4.69) is 19.1 Å². The lowest BCUT2D eigenvalue weighted by Gasteiger charge is -2.02. The minimum Gasteiger partial charge on any atom is -0.772 e. The van der Waals surface area contributed by atoms with Crippen LogP contribution in [0.2, 0.25) is 0 Å². The summed E-state index contributed by atoms with van der Waals surface area (Å²) in [6.07, 6.45) is 17.9. The third kappa shape index (κ3) is 15.9. The molecule has 0 bridgehead atoms. The van der Waals surface area contributed by atoms with Gasteiger partial charge in [0.15, 0.2) is 0 Å². The van der Waals surface area contributed by atoms with Crippen molar-refractivity contribution in [1.82, 2.24) is 0 Å². The van der Waals surface area contributed by atoms with Gasteiger partial charge in [-0.3, -0.25) is 4.21 Å². The number of allylic oxidation sites excluding steroid dienone is 2. The van der Waals surface area contributed by atoms with Crippen molar-refractivity contribution in [1.29, 1.82) is 0 Å². The molecule has 0 aliphatic carbocycles. The average Bonchev–Trinajstić information content (AvgIpc) is 2.34. The summed E-state index contributed by atoms with van der Waals surface area (Å²) in [7, 11) is 0. The van der Waals surface area contributed by atoms with Gasteiger partial charge in [-0.15, -0.1) is 0 Å². The summed E-state index contributed by atoms with van der Waals surface area (Å²) < 4.78 is 20.6. The molecule has 3 heteroatoms. The van der Waals surface area contributed by atoms with E-state index in [1.165, 1.54) is 44.9 Å². The summed E-state index contributed by atoms with van der Waals surface area (Å²) in [6, 6.07) is 0. The zero-order chi connectivity index (χ0) is 13.5. The Morgan fingerprint density at radius 2 is 1.33 bits per heavy atom. The maximum Gasteiger partial charge on any atom is 0.0102 e. The van der Waals surface area contributed by atoms with E-state index >= 15 is 0 Å². The van der Waals surface area contributed by atoms with E-state index in [-0.39, 0.29) is 0 Å². The van der Waals surface area contributed by atoms with Crippen LogP contribution in [0.4, 0.5) is 0 Å². The fourth-order valence-corrected chi connectivity index (χ4v) is 2.38. The summed E-state index contributed by atoms with van der Waals surface area (Å²) in [5.41, 5.74) is 0. The highest BCUT2D eigenvalue weighted by molar-refractivity contribution is 7.79. The third-order valence-electron chi connectivity index (χ3n) is 3.07. The van der Waals surface area contributed by atoms with Gasteiger partial charge in [-0.25, -0.2) is 0 Å². The van der Waals surface area contributed by atoms with Crippen LogP contribution in [-0.4, -0.2) is 14.5 Å². The van der Waals surface area contributed by atoms with E-state index in [4.69, 9.17) is 0 Å². The molecule has 0 saturated heterocycles. The van der Waals surface area contributed by atoms with E-state index in [0.717, 1.165) is 25.7 Å². The SMILES string of the molecule is CCCCCCCCC=CCCCCCS(=O)[O-]. The van der Waals surface area contributed by atoms with Crippen LogP contribution in [0.15, 0.2) is 12.2 Å². The molecule has 0 radical (unpaired) electrons. The smallest absolute Gasteiger partial charge is 0.0102 e. The molecule has 0 amide bonds. The number of hydrogen-bond donors (Lipinski definition) is 0. The largest absolute Gasteiger partial charge is 0.772 e. The molecule has 1 atom stereocenters. The van der Waals surface area contributed by atoms with Gasteiger partial charge in [-0.1, -0.05) is 68.7 Å². The van der Waals surface area contributed by atoms with Gasteiger partial charge < -0.3 is 4.55 Å². The lowest BCUT2D eigenvalue weighted by Crippen LogP contribution is -1.94. The van der Waals surface area contributed by atoms with Crippen LogP contribution in [0.25, 0.3) is 0 Å². The van der Waals surface area contributed by atoms with Crippen molar-refractivity contribution in [2.24, 2.45) is 0 Å². The first-order chi connectivity index (χ1) is 8.77. The molecule has 108 valence electrons. The van der Waals surface area contributed by atoms with E-state index < -0.39 is 11.1 Å². The van der Waals surface area contributed by atoms with Crippen molar-refractivity contribution in [2.75, 3.05) is 5.75 Å². The molecule has 0 aromatic carbocycles. The summed E-state index contributed by atoms with van der Waals surface area (Å²) in [4.78, 5) is 0. The fourth-order valence-electron chi connectivity index (χ4n) is 1.94. The Morgan fingerprint density at radius 1 is 0.833 bits per heavy atom. The van der Waals surface area contributed by atoms with Gasteiger partial charge in [0.2, 0.25) is 0 Å². The van der Waals surface area contributed by atoms with Gasteiger partial charge >= 0.3 is 0 Å². The highest BCUT2D eigenvalue weighted by atomic mass is 32.2. The maximum atomic E-state index is 10.3. The molecule has 0 N–H and O–H groups in total. The number of hydrogen-bond acceptors (Lipinski definition) is 2. The minimum absolute atomic E-state index is 0.321. The lowest BCUT2D eigenvalue weighted by atomic mass is 10.1. The van der Waals surface area contributed by atoms with Crippen molar-refractivity contribution < 1.29 is 8.76 Å². The lowest BCUT2D eigenvalue weighted by molar-refractivity contribution is 0.533. The molecule has 0 aromatic heterocycles. The molecule has 18 heavy (non-hydrogen) atoms. The van der Waals surface area contributed by atoms with Crippen LogP contribution in [-0.2, 0) is 11.1 Å². The van der Waals surface area contributed by atoms with Gasteiger partial charge in [0.25, 0.3) is 0 Å². The van der Waals surface area contributed by atoms with E-state index in [1.54, 1.807) is 0 Å². The van der Waals surface area contributed by atoms with Gasteiger partial charge in [-0.05, 0) is 32.1 Å². The van der Waals surface area contributed by atoms with Crippen LogP contribution < -0.4 is 0 Å². The first-order valence-corrected chi connectivity index (χ1v) is 8.72. The predicted molar refractivity (Wildman–Crippen MR) is 79.4 cm³/mol. The first-order valence-electron chi connectivity index (χ1n) is 7.48. The molecule has 2 nitrogen and oxygen atoms in total. The normalized spacial score (nSPS) is 13.2. The topological polar surface area (TPSA) is 40.1 Å². The molecular weight excluding hydrogens is 244 g/mol. The minimum atomic E-state index is -1.85. The molecule has 0 aliphatic rings. The van der Waals surface area contributed by atoms with Gasteiger partial charge in [-0.2, -0.15) is 0 Å². The summed E-state index contributed by atoms with van der Waals surface area (Å²) >= 11 is -1.85. The quantitative estimate of drug-likeness (QED) is 0.276. The number of rotatable bonds is 13. The van der Waals surface area contributed by atoms with E-state index in [9.17, 15) is 8.76 Å². The van der Waals surface area contributed by atoms with Crippen LogP contribution in [0.1, 0.15) is 77.6 Å². The van der Waals surface area contributed by atoms with Crippen molar-refractivity contribution in [3.05, 3.63) is 12.2 Å². The second kappa shape index (κ2) is 14.9. The van der Waals surface area contributed by atoms with E-state index in [1.807, 2.05) is 0 Å². The Labute approximate surface area is 116 Å². The fraction of sp³-hybridized carbons (Fsp3) is 0.867. The van der Waals surface area contributed by atoms with E-state index in [0.29, 0.717) is 5.75 Å². The van der Waals surface area contributed by atoms with Crippen molar-refractivity contribution in [2.45, 2.75) is 77.6 Å². The molecule has 0 heterocycles. The summed E-state index contributed by atoms with van der Waals surface area (Å²) in [6.45, 7) is 2.25. The second-order valence-corrected chi connectivity index (χ2v) is 5.90. The van der Waals surface area contributed by atoms with Gasteiger partial charge in [0.05, 0.1) is 0 Å². The molecular formula is C15H29O2S-. The average molecular weight is 273 g/mol. The highest BCUT2D eigenvalue weighted by Crippen LogP contribution is 2.08. The third-order valence-corrected chi connectivity index (χ3v) is 3.69. The van der Waals surface area contributed by atoms with Crippen LogP contribution in [0.5, 0.6) is 0 Å². The Kier molecular flexibility index (Phi) is 14.8. The molecule has 0 rings (SSSR count). The monoisotopic (exact) mass is 273 g/mol. The van der Waals surface area contributed by atoms with Crippen molar-refractivity contribution in [3.8, 4) is 0 Å². The zero-order valence-corrected chi connectivity index (χ0v) is 12.7. The van der Waals surface area contributed by atoms with Crippen LogP contribution in [0, 0.1) is 0 Å². The van der Waals surface area contributed by atoms with Crippen molar-refractivity contribution >= 4 is 11.1 Å². The van der Waals surface area contributed by atoms with Gasteiger partial charge in [0.1, 0.15) is 0 Å². The predicted octanol–water partition coefficient (Wildman–Crippen LogP) is 4.73. The molecule has 0 aromatic rings. The standard InChI is InChI=1S/C15H30O2S/c1-2-3-4-5-6-7-8-9-10-11-12-13-14-15-18(16)17/h9-10H,2-8,11-15H2,1H3,(H,16,17)/p-1. The highest BCUT2D eigenvalue weighted by Gasteiger charge is 1.89.